The molecule has 0 amide bonds. The van der Waals surface area contributed by atoms with Crippen LogP contribution in [0.25, 0.3) is 21.5 Å². The molecule has 102 valence electrons. The van der Waals surface area contributed by atoms with Crippen molar-refractivity contribution in [1.29, 1.82) is 0 Å². The summed E-state index contributed by atoms with van der Waals surface area (Å²) in [7, 11) is 3.40. The van der Waals surface area contributed by atoms with Crippen LogP contribution in [0.1, 0.15) is 12.5 Å². The smallest absolute Gasteiger partial charge is 0.168 e. The first-order valence-corrected chi connectivity index (χ1v) is 6.84. The standard InChI is InChI=1S/C18H18O2/c1-4-12-9-15-10-13-7-5-6-8-14(13)11-16(15)18(20-3)17(12)19-2/h5-11H,4H2,1-3H3. The van der Waals surface area contributed by atoms with Crippen LogP contribution >= 0.6 is 0 Å². The highest BCUT2D eigenvalue weighted by molar-refractivity contribution is 6.02. The number of hydrogen-bond acceptors (Lipinski definition) is 2. The van der Waals surface area contributed by atoms with Crippen LogP contribution in [0.4, 0.5) is 0 Å². The normalized spacial score (nSPS) is 10.9. The fourth-order valence-corrected chi connectivity index (χ4v) is 2.78. The lowest BCUT2D eigenvalue weighted by Gasteiger charge is -2.15. The molecule has 0 aliphatic carbocycles. The van der Waals surface area contributed by atoms with E-state index in [1.807, 2.05) is 0 Å². The number of aryl methyl sites for hydroxylation is 1. The van der Waals surface area contributed by atoms with E-state index in [1.165, 1.54) is 21.7 Å². The number of hydrogen-bond donors (Lipinski definition) is 0. The predicted molar refractivity (Wildman–Crippen MR) is 83.9 cm³/mol. The lowest BCUT2D eigenvalue weighted by molar-refractivity contribution is 0.355. The summed E-state index contributed by atoms with van der Waals surface area (Å²) in [6.45, 7) is 2.13. The van der Waals surface area contributed by atoms with Crippen molar-refractivity contribution >= 4 is 21.5 Å². The molecule has 0 fully saturated rings. The van der Waals surface area contributed by atoms with Crippen molar-refractivity contribution in [3.63, 3.8) is 0 Å². The Labute approximate surface area is 118 Å². The zero-order valence-corrected chi connectivity index (χ0v) is 12.1. The van der Waals surface area contributed by atoms with Crippen LogP contribution in [0.3, 0.4) is 0 Å². The van der Waals surface area contributed by atoms with Gasteiger partial charge in [0.25, 0.3) is 0 Å². The zero-order chi connectivity index (χ0) is 14.1. The molecule has 0 radical (unpaired) electrons. The molecule has 3 rings (SSSR count). The molecule has 20 heavy (non-hydrogen) atoms. The Morgan fingerprint density at radius 3 is 2.05 bits per heavy atom. The fraction of sp³-hybridized carbons (Fsp3) is 0.222. The molecule has 3 aromatic carbocycles. The van der Waals surface area contributed by atoms with Crippen LogP contribution in [0, 0.1) is 0 Å². The van der Waals surface area contributed by atoms with Crippen molar-refractivity contribution in [1.82, 2.24) is 0 Å². The minimum atomic E-state index is 0.826. The van der Waals surface area contributed by atoms with Crippen molar-refractivity contribution in [3.05, 3.63) is 48.0 Å². The molecule has 0 atom stereocenters. The van der Waals surface area contributed by atoms with Gasteiger partial charge < -0.3 is 9.47 Å². The lowest BCUT2D eigenvalue weighted by Crippen LogP contribution is -1.96. The Kier molecular flexibility index (Phi) is 3.23. The highest BCUT2D eigenvalue weighted by atomic mass is 16.5. The molecule has 0 N–H and O–H groups in total. The average molecular weight is 266 g/mol. The van der Waals surface area contributed by atoms with Gasteiger partial charge in [-0.2, -0.15) is 0 Å². The van der Waals surface area contributed by atoms with Gasteiger partial charge in [0.2, 0.25) is 0 Å². The maximum Gasteiger partial charge on any atom is 0.168 e. The summed E-state index contributed by atoms with van der Waals surface area (Å²) in [6.07, 6.45) is 0.919. The molecule has 0 saturated carbocycles. The molecular formula is C18H18O2. The molecule has 0 saturated heterocycles. The Balaban J connectivity index is 2.44. The minimum absolute atomic E-state index is 0.826. The van der Waals surface area contributed by atoms with Crippen molar-refractivity contribution in [2.45, 2.75) is 13.3 Å². The van der Waals surface area contributed by atoms with Gasteiger partial charge in [-0.05, 0) is 46.3 Å². The van der Waals surface area contributed by atoms with E-state index in [1.54, 1.807) is 14.2 Å². The number of ether oxygens (including phenoxy) is 2. The molecule has 0 unspecified atom stereocenters. The maximum absolute atomic E-state index is 5.62. The lowest BCUT2D eigenvalue weighted by atomic mass is 9.99. The summed E-state index contributed by atoms with van der Waals surface area (Å²) >= 11 is 0. The summed E-state index contributed by atoms with van der Waals surface area (Å²) in [5.41, 5.74) is 1.17. The van der Waals surface area contributed by atoms with E-state index in [-0.39, 0.29) is 0 Å². The van der Waals surface area contributed by atoms with Crippen LogP contribution in [-0.4, -0.2) is 14.2 Å². The van der Waals surface area contributed by atoms with E-state index in [2.05, 4.69) is 49.4 Å². The Hall–Kier alpha value is -2.22. The number of benzene rings is 3. The van der Waals surface area contributed by atoms with E-state index >= 15 is 0 Å². The summed E-state index contributed by atoms with van der Waals surface area (Å²) in [6, 6.07) is 15.0. The fourth-order valence-electron chi connectivity index (χ4n) is 2.78. The zero-order valence-electron chi connectivity index (χ0n) is 12.1. The van der Waals surface area contributed by atoms with Crippen LogP contribution < -0.4 is 9.47 Å². The first-order valence-electron chi connectivity index (χ1n) is 6.84. The highest BCUT2D eigenvalue weighted by Gasteiger charge is 2.14. The average Bonchev–Trinajstić information content (AvgIpc) is 2.50. The van der Waals surface area contributed by atoms with Gasteiger partial charge in [-0.1, -0.05) is 31.2 Å². The van der Waals surface area contributed by atoms with Crippen molar-refractivity contribution in [3.8, 4) is 11.5 Å². The third-order valence-corrected chi connectivity index (χ3v) is 3.78. The molecule has 0 aliphatic heterocycles. The van der Waals surface area contributed by atoms with E-state index in [4.69, 9.17) is 9.47 Å². The second-order valence-corrected chi connectivity index (χ2v) is 4.88. The number of rotatable bonds is 3. The quantitative estimate of drug-likeness (QED) is 0.646. The van der Waals surface area contributed by atoms with Gasteiger partial charge >= 0.3 is 0 Å². The van der Waals surface area contributed by atoms with Crippen molar-refractivity contribution in [2.24, 2.45) is 0 Å². The number of fused-ring (bicyclic) bond motifs is 2. The van der Waals surface area contributed by atoms with Gasteiger partial charge in [-0.25, -0.2) is 0 Å². The van der Waals surface area contributed by atoms with Gasteiger partial charge in [0.15, 0.2) is 11.5 Å². The van der Waals surface area contributed by atoms with Gasteiger partial charge in [-0.3, -0.25) is 0 Å². The van der Waals surface area contributed by atoms with Crippen molar-refractivity contribution < 1.29 is 9.47 Å². The molecule has 0 aliphatic rings. The van der Waals surface area contributed by atoms with Gasteiger partial charge in [-0.15, -0.1) is 0 Å². The SMILES string of the molecule is CCc1cc2cc3ccccc3cc2c(OC)c1OC. The molecule has 2 heteroatoms. The second kappa shape index (κ2) is 5.04. The van der Waals surface area contributed by atoms with Crippen molar-refractivity contribution in [2.75, 3.05) is 14.2 Å². The topological polar surface area (TPSA) is 18.5 Å². The number of methoxy groups -OCH3 is 2. The summed E-state index contributed by atoms with van der Waals surface area (Å²) in [5.74, 6) is 1.67. The minimum Gasteiger partial charge on any atom is -0.493 e. The van der Waals surface area contributed by atoms with Gasteiger partial charge in [0.1, 0.15) is 0 Å². The molecule has 0 heterocycles. The largest absolute Gasteiger partial charge is 0.493 e. The highest BCUT2D eigenvalue weighted by Crippen LogP contribution is 2.40. The van der Waals surface area contributed by atoms with Crippen LogP contribution in [0.5, 0.6) is 11.5 Å². The van der Waals surface area contributed by atoms with Crippen LogP contribution in [0.2, 0.25) is 0 Å². The molecule has 0 bridgehead atoms. The summed E-state index contributed by atoms with van der Waals surface area (Å²) in [5, 5.41) is 4.75. The first kappa shape index (κ1) is 12.8. The van der Waals surface area contributed by atoms with Crippen LogP contribution in [-0.2, 0) is 6.42 Å². The monoisotopic (exact) mass is 266 g/mol. The molecule has 2 nitrogen and oxygen atoms in total. The van der Waals surface area contributed by atoms with E-state index in [0.717, 1.165) is 23.3 Å². The van der Waals surface area contributed by atoms with E-state index in [9.17, 15) is 0 Å². The summed E-state index contributed by atoms with van der Waals surface area (Å²) < 4.78 is 11.2. The third kappa shape index (κ3) is 1.88. The van der Waals surface area contributed by atoms with Crippen LogP contribution in [0.15, 0.2) is 42.5 Å². The van der Waals surface area contributed by atoms with E-state index in [0.29, 0.717) is 0 Å². The molecular weight excluding hydrogens is 248 g/mol. The Morgan fingerprint density at radius 2 is 1.45 bits per heavy atom. The molecule has 3 aromatic rings. The van der Waals surface area contributed by atoms with E-state index < -0.39 is 0 Å². The Bertz CT molecular complexity index is 775. The molecule has 0 aromatic heterocycles. The van der Waals surface area contributed by atoms with Gasteiger partial charge in [0.05, 0.1) is 14.2 Å². The Morgan fingerprint density at radius 1 is 0.800 bits per heavy atom. The predicted octanol–water partition coefficient (Wildman–Crippen LogP) is 4.57. The first-order chi connectivity index (χ1) is 9.78. The maximum atomic E-state index is 5.62. The molecule has 0 spiro atoms. The third-order valence-electron chi connectivity index (χ3n) is 3.78. The summed E-state index contributed by atoms with van der Waals surface area (Å²) in [4.78, 5) is 0. The van der Waals surface area contributed by atoms with Gasteiger partial charge in [0, 0.05) is 5.39 Å². The second-order valence-electron chi connectivity index (χ2n) is 4.88.